The highest BCUT2D eigenvalue weighted by molar-refractivity contribution is 5.73. The Morgan fingerprint density at radius 3 is 2.85 bits per heavy atom. The molecule has 0 N–H and O–H groups in total. The molecule has 20 heavy (non-hydrogen) atoms. The SMILES string of the molecule is COC(=O)C1CCCN(c2cc(C)cc([N+](=O)[O-])c2)C1. The van der Waals surface area contributed by atoms with Gasteiger partial charge in [-0.3, -0.25) is 14.9 Å². The molecular weight excluding hydrogens is 260 g/mol. The number of benzene rings is 1. The van der Waals surface area contributed by atoms with Gasteiger partial charge in [-0.1, -0.05) is 0 Å². The summed E-state index contributed by atoms with van der Waals surface area (Å²) in [5, 5.41) is 10.9. The van der Waals surface area contributed by atoms with E-state index in [9.17, 15) is 14.9 Å². The number of nitro benzene ring substituents is 1. The summed E-state index contributed by atoms with van der Waals surface area (Å²) in [6.45, 7) is 3.18. The number of carbonyl (C=O) groups excluding carboxylic acids is 1. The molecule has 0 bridgehead atoms. The van der Waals surface area contributed by atoms with E-state index in [0.717, 1.165) is 30.6 Å². The lowest BCUT2D eigenvalue weighted by atomic mass is 9.97. The average molecular weight is 278 g/mol. The van der Waals surface area contributed by atoms with Crippen LogP contribution in [0.1, 0.15) is 18.4 Å². The third kappa shape index (κ3) is 3.07. The third-order valence-corrected chi connectivity index (χ3v) is 3.58. The molecule has 1 aromatic rings. The van der Waals surface area contributed by atoms with Gasteiger partial charge in [0.2, 0.25) is 0 Å². The summed E-state index contributed by atoms with van der Waals surface area (Å²) in [6, 6.07) is 5.02. The Labute approximate surface area is 117 Å². The van der Waals surface area contributed by atoms with Crippen molar-refractivity contribution < 1.29 is 14.5 Å². The summed E-state index contributed by atoms with van der Waals surface area (Å²) in [5.41, 5.74) is 1.72. The van der Waals surface area contributed by atoms with E-state index >= 15 is 0 Å². The fourth-order valence-corrected chi connectivity index (χ4v) is 2.60. The van der Waals surface area contributed by atoms with Gasteiger partial charge < -0.3 is 9.64 Å². The number of nitro groups is 1. The van der Waals surface area contributed by atoms with Crippen LogP contribution in [0, 0.1) is 23.0 Å². The van der Waals surface area contributed by atoms with Gasteiger partial charge >= 0.3 is 5.97 Å². The Bertz CT molecular complexity index is 530. The normalized spacial score (nSPS) is 18.7. The molecule has 1 unspecified atom stereocenters. The van der Waals surface area contributed by atoms with Crippen molar-refractivity contribution in [2.75, 3.05) is 25.1 Å². The maximum atomic E-state index is 11.6. The molecule has 1 saturated heterocycles. The van der Waals surface area contributed by atoms with Crippen molar-refractivity contribution in [3.63, 3.8) is 0 Å². The van der Waals surface area contributed by atoms with Gasteiger partial charge in [-0.15, -0.1) is 0 Å². The number of anilines is 1. The Balaban J connectivity index is 2.22. The predicted molar refractivity (Wildman–Crippen MR) is 74.8 cm³/mol. The number of methoxy groups -OCH3 is 1. The fourth-order valence-electron chi connectivity index (χ4n) is 2.60. The Morgan fingerprint density at radius 1 is 1.45 bits per heavy atom. The quantitative estimate of drug-likeness (QED) is 0.482. The molecule has 6 heteroatoms. The lowest BCUT2D eigenvalue weighted by Crippen LogP contribution is -2.39. The highest BCUT2D eigenvalue weighted by Gasteiger charge is 2.27. The zero-order valence-corrected chi connectivity index (χ0v) is 11.7. The van der Waals surface area contributed by atoms with Crippen LogP contribution in [0.2, 0.25) is 0 Å². The van der Waals surface area contributed by atoms with E-state index in [1.807, 2.05) is 17.9 Å². The number of hydrogen-bond acceptors (Lipinski definition) is 5. The summed E-state index contributed by atoms with van der Waals surface area (Å²) in [4.78, 5) is 24.2. The van der Waals surface area contributed by atoms with Crippen LogP contribution in [0.3, 0.4) is 0 Å². The summed E-state index contributed by atoms with van der Waals surface area (Å²) in [6.07, 6.45) is 1.68. The first-order valence-electron chi connectivity index (χ1n) is 6.60. The molecular formula is C14H18N2O4. The highest BCUT2D eigenvalue weighted by Crippen LogP contribution is 2.28. The van der Waals surface area contributed by atoms with Gasteiger partial charge in [0.25, 0.3) is 5.69 Å². The number of non-ortho nitro benzene ring substituents is 1. The van der Waals surface area contributed by atoms with Crippen LogP contribution in [-0.2, 0) is 9.53 Å². The summed E-state index contributed by atoms with van der Waals surface area (Å²) >= 11 is 0. The van der Waals surface area contributed by atoms with Crippen molar-refractivity contribution in [3.8, 4) is 0 Å². The van der Waals surface area contributed by atoms with Gasteiger partial charge in [-0.2, -0.15) is 0 Å². The zero-order valence-electron chi connectivity index (χ0n) is 11.7. The molecule has 108 valence electrons. The number of hydrogen-bond donors (Lipinski definition) is 0. The second-order valence-corrected chi connectivity index (χ2v) is 5.09. The molecule has 6 nitrogen and oxygen atoms in total. The molecule has 1 aromatic carbocycles. The third-order valence-electron chi connectivity index (χ3n) is 3.58. The maximum absolute atomic E-state index is 11.6. The summed E-state index contributed by atoms with van der Waals surface area (Å²) in [5.74, 6) is -0.370. The van der Waals surface area contributed by atoms with Crippen LogP contribution in [-0.4, -0.2) is 31.1 Å². The Kier molecular flexibility index (Phi) is 4.22. The molecule has 0 amide bonds. The molecule has 0 aliphatic carbocycles. The molecule has 0 aromatic heterocycles. The molecule has 1 atom stereocenters. The van der Waals surface area contributed by atoms with E-state index in [-0.39, 0.29) is 17.6 Å². The summed E-state index contributed by atoms with van der Waals surface area (Å²) in [7, 11) is 1.39. The second-order valence-electron chi connectivity index (χ2n) is 5.09. The van der Waals surface area contributed by atoms with Crippen LogP contribution in [0.5, 0.6) is 0 Å². The number of rotatable bonds is 3. The molecule has 0 spiro atoms. The molecule has 1 heterocycles. The number of carbonyl (C=O) groups is 1. The van der Waals surface area contributed by atoms with E-state index in [1.54, 1.807) is 12.1 Å². The monoisotopic (exact) mass is 278 g/mol. The van der Waals surface area contributed by atoms with E-state index in [0.29, 0.717) is 6.54 Å². The first-order chi connectivity index (χ1) is 9.51. The lowest BCUT2D eigenvalue weighted by Gasteiger charge is -2.33. The van der Waals surface area contributed by atoms with Crippen molar-refractivity contribution in [1.29, 1.82) is 0 Å². The van der Waals surface area contributed by atoms with Gasteiger partial charge in [-0.05, 0) is 31.4 Å². The Hall–Kier alpha value is -2.11. The van der Waals surface area contributed by atoms with Crippen molar-refractivity contribution in [1.82, 2.24) is 0 Å². The molecule has 0 saturated carbocycles. The van der Waals surface area contributed by atoms with Crippen LogP contribution in [0.4, 0.5) is 11.4 Å². The highest BCUT2D eigenvalue weighted by atomic mass is 16.6. The zero-order chi connectivity index (χ0) is 14.7. The van der Waals surface area contributed by atoms with Gasteiger partial charge in [0.15, 0.2) is 0 Å². The standard InChI is InChI=1S/C14H18N2O4/c1-10-6-12(8-13(7-10)16(18)19)15-5-3-4-11(9-15)14(17)20-2/h6-8,11H,3-5,9H2,1-2H3. The van der Waals surface area contributed by atoms with E-state index in [2.05, 4.69) is 0 Å². The van der Waals surface area contributed by atoms with Crippen molar-refractivity contribution in [2.24, 2.45) is 5.92 Å². The second kappa shape index (κ2) is 5.90. The van der Waals surface area contributed by atoms with Gasteiger partial charge in [0, 0.05) is 30.9 Å². The maximum Gasteiger partial charge on any atom is 0.310 e. The first-order valence-corrected chi connectivity index (χ1v) is 6.60. The van der Waals surface area contributed by atoms with Crippen molar-refractivity contribution >= 4 is 17.3 Å². The van der Waals surface area contributed by atoms with E-state index < -0.39 is 4.92 Å². The topological polar surface area (TPSA) is 72.7 Å². The average Bonchev–Trinajstić information content (AvgIpc) is 2.45. The number of aryl methyl sites for hydroxylation is 1. The van der Waals surface area contributed by atoms with E-state index in [1.165, 1.54) is 7.11 Å². The molecule has 1 aliphatic heterocycles. The minimum absolute atomic E-state index is 0.0835. The van der Waals surface area contributed by atoms with Crippen molar-refractivity contribution in [3.05, 3.63) is 33.9 Å². The smallest absolute Gasteiger partial charge is 0.310 e. The van der Waals surface area contributed by atoms with Crippen LogP contribution in [0.15, 0.2) is 18.2 Å². The van der Waals surface area contributed by atoms with Crippen LogP contribution < -0.4 is 4.90 Å². The van der Waals surface area contributed by atoms with Crippen molar-refractivity contribution in [2.45, 2.75) is 19.8 Å². The summed E-state index contributed by atoms with van der Waals surface area (Å²) < 4.78 is 4.79. The largest absolute Gasteiger partial charge is 0.469 e. The number of ether oxygens (including phenoxy) is 1. The fraction of sp³-hybridized carbons (Fsp3) is 0.500. The number of esters is 1. The van der Waals surface area contributed by atoms with Crippen LogP contribution in [0.25, 0.3) is 0 Å². The first kappa shape index (κ1) is 14.3. The molecule has 1 fully saturated rings. The van der Waals surface area contributed by atoms with Gasteiger partial charge in [0.1, 0.15) is 0 Å². The molecule has 1 aliphatic rings. The predicted octanol–water partition coefficient (Wildman–Crippen LogP) is 2.29. The Morgan fingerprint density at radius 2 is 2.20 bits per heavy atom. The van der Waals surface area contributed by atoms with Gasteiger partial charge in [0.05, 0.1) is 18.0 Å². The minimum Gasteiger partial charge on any atom is -0.469 e. The number of piperidine rings is 1. The molecule has 0 radical (unpaired) electrons. The lowest BCUT2D eigenvalue weighted by molar-refractivity contribution is -0.384. The minimum atomic E-state index is -0.391. The molecule has 2 rings (SSSR count). The van der Waals surface area contributed by atoms with E-state index in [4.69, 9.17) is 4.74 Å². The van der Waals surface area contributed by atoms with Crippen LogP contribution >= 0.6 is 0 Å². The number of nitrogens with zero attached hydrogens (tertiary/aromatic N) is 2. The van der Waals surface area contributed by atoms with Gasteiger partial charge in [-0.25, -0.2) is 0 Å².